The van der Waals surface area contributed by atoms with Gasteiger partial charge in [-0.05, 0) is 61.2 Å². The molecule has 1 aliphatic heterocycles. The van der Waals surface area contributed by atoms with Crippen LogP contribution < -0.4 is 10.2 Å². The summed E-state index contributed by atoms with van der Waals surface area (Å²) in [5, 5.41) is 3.04. The van der Waals surface area contributed by atoms with Gasteiger partial charge in [0.25, 0.3) is 11.8 Å². The van der Waals surface area contributed by atoms with Crippen molar-refractivity contribution >= 4 is 28.8 Å². The van der Waals surface area contributed by atoms with Gasteiger partial charge in [-0.25, -0.2) is 4.98 Å². The number of nitrogens with one attached hydrogen (secondary N) is 1. The third-order valence-corrected chi connectivity index (χ3v) is 7.76. The van der Waals surface area contributed by atoms with E-state index in [0.717, 1.165) is 46.8 Å². The summed E-state index contributed by atoms with van der Waals surface area (Å²) < 4.78 is 38.7. The fourth-order valence-electron chi connectivity index (χ4n) is 4.47. The molecular weight excluding hydrogens is 513 g/mol. The second-order valence-electron chi connectivity index (χ2n) is 9.27. The van der Waals surface area contributed by atoms with Crippen LogP contribution in [-0.2, 0) is 12.6 Å². The van der Waals surface area contributed by atoms with Gasteiger partial charge in [0.15, 0.2) is 0 Å². The van der Waals surface area contributed by atoms with E-state index in [2.05, 4.69) is 15.3 Å². The number of nitrogens with zero attached hydrogens (tertiary/aromatic N) is 3. The van der Waals surface area contributed by atoms with E-state index >= 15 is 0 Å². The molecular formula is C28H21F3N4O2S. The van der Waals surface area contributed by atoms with Gasteiger partial charge in [0, 0.05) is 34.8 Å². The SMILES string of the molecule is O=C(NC1CC1)c1cc2c(s1)-c1ccccc1N(C(=O)c1cccc(-c3ccc(C(F)(F)F)nc3)n1)CC2. The number of para-hydroxylation sites is 1. The van der Waals surface area contributed by atoms with Crippen LogP contribution in [0.3, 0.4) is 0 Å². The quantitative estimate of drug-likeness (QED) is 0.349. The summed E-state index contributed by atoms with van der Waals surface area (Å²) in [6.45, 7) is 0.386. The van der Waals surface area contributed by atoms with Crippen LogP contribution in [0.5, 0.6) is 0 Å². The predicted molar refractivity (Wildman–Crippen MR) is 138 cm³/mol. The van der Waals surface area contributed by atoms with Crippen LogP contribution in [0.2, 0.25) is 0 Å². The molecule has 2 aliphatic rings. The molecule has 1 aliphatic carbocycles. The van der Waals surface area contributed by atoms with Crippen LogP contribution in [-0.4, -0.2) is 34.4 Å². The highest BCUT2D eigenvalue weighted by Crippen LogP contribution is 2.42. The molecule has 0 radical (unpaired) electrons. The first-order valence-electron chi connectivity index (χ1n) is 12.1. The molecule has 192 valence electrons. The molecule has 0 spiro atoms. The molecule has 1 aromatic carbocycles. The molecule has 0 unspecified atom stereocenters. The van der Waals surface area contributed by atoms with Crippen molar-refractivity contribution in [3.63, 3.8) is 0 Å². The number of rotatable bonds is 4. The molecule has 3 aromatic heterocycles. The minimum atomic E-state index is -4.53. The first-order valence-corrected chi connectivity index (χ1v) is 12.9. The normalized spacial score (nSPS) is 14.9. The molecule has 1 N–H and O–H groups in total. The number of halogens is 3. The molecule has 0 atom stereocenters. The van der Waals surface area contributed by atoms with Gasteiger partial charge in [-0.1, -0.05) is 24.3 Å². The first kappa shape index (κ1) is 24.3. The lowest BCUT2D eigenvalue weighted by molar-refractivity contribution is -0.141. The average molecular weight is 535 g/mol. The Kier molecular flexibility index (Phi) is 5.98. The molecule has 4 aromatic rings. The van der Waals surface area contributed by atoms with Gasteiger partial charge in [0.05, 0.1) is 16.3 Å². The molecule has 0 bridgehead atoms. The van der Waals surface area contributed by atoms with E-state index in [-0.39, 0.29) is 23.6 Å². The number of carbonyl (C=O) groups excluding carboxylic acids is 2. The molecule has 6 rings (SSSR count). The number of anilines is 1. The Hall–Kier alpha value is -4.05. The number of hydrogen-bond acceptors (Lipinski definition) is 5. The van der Waals surface area contributed by atoms with E-state index < -0.39 is 11.9 Å². The van der Waals surface area contributed by atoms with Crippen LogP contribution in [0.1, 0.15) is 44.3 Å². The Morgan fingerprint density at radius 3 is 2.58 bits per heavy atom. The molecule has 38 heavy (non-hydrogen) atoms. The van der Waals surface area contributed by atoms with E-state index in [4.69, 9.17) is 0 Å². The molecule has 4 heterocycles. The fourth-order valence-corrected chi connectivity index (χ4v) is 5.62. The van der Waals surface area contributed by atoms with Crippen molar-refractivity contribution in [1.29, 1.82) is 0 Å². The number of pyridine rings is 2. The van der Waals surface area contributed by atoms with Crippen LogP contribution >= 0.6 is 11.3 Å². The van der Waals surface area contributed by atoms with Gasteiger partial charge in [-0.3, -0.25) is 14.6 Å². The second kappa shape index (κ2) is 9.36. The zero-order valence-electron chi connectivity index (χ0n) is 20.0. The number of aromatic nitrogens is 2. The van der Waals surface area contributed by atoms with Crippen molar-refractivity contribution in [3.05, 3.63) is 88.7 Å². The molecule has 0 saturated heterocycles. The highest BCUT2D eigenvalue weighted by Gasteiger charge is 2.32. The maximum absolute atomic E-state index is 13.7. The Bertz CT molecular complexity index is 1540. The fraction of sp³-hybridized carbons (Fsp3) is 0.214. The van der Waals surface area contributed by atoms with E-state index in [0.29, 0.717) is 29.1 Å². The number of amides is 2. The van der Waals surface area contributed by atoms with Gasteiger partial charge in [-0.2, -0.15) is 13.2 Å². The van der Waals surface area contributed by atoms with Crippen molar-refractivity contribution in [1.82, 2.24) is 15.3 Å². The second-order valence-corrected chi connectivity index (χ2v) is 10.3. The van der Waals surface area contributed by atoms with Gasteiger partial charge in [0.2, 0.25) is 0 Å². The Labute approximate surface area is 220 Å². The van der Waals surface area contributed by atoms with Gasteiger partial charge in [-0.15, -0.1) is 11.3 Å². The molecule has 6 nitrogen and oxygen atoms in total. The largest absolute Gasteiger partial charge is 0.433 e. The van der Waals surface area contributed by atoms with Crippen LogP contribution in [0, 0.1) is 0 Å². The summed E-state index contributed by atoms with van der Waals surface area (Å²) in [6.07, 6.45) is -0.836. The Morgan fingerprint density at radius 1 is 1.03 bits per heavy atom. The average Bonchev–Trinajstić information content (AvgIpc) is 3.66. The number of fused-ring (bicyclic) bond motifs is 3. The number of hydrogen-bond donors (Lipinski definition) is 1. The lowest BCUT2D eigenvalue weighted by Gasteiger charge is -2.23. The summed E-state index contributed by atoms with van der Waals surface area (Å²) in [7, 11) is 0. The van der Waals surface area contributed by atoms with E-state index in [1.807, 2.05) is 30.3 Å². The summed E-state index contributed by atoms with van der Waals surface area (Å²) in [5.41, 5.74) is 2.51. The zero-order valence-corrected chi connectivity index (χ0v) is 20.8. The van der Waals surface area contributed by atoms with E-state index in [1.54, 1.807) is 23.1 Å². The summed E-state index contributed by atoms with van der Waals surface area (Å²) in [6, 6.07) is 16.8. The topological polar surface area (TPSA) is 75.2 Å². The van der Waals surface area contributed by atoms with Crippen LogP contribution in [0.4, 0.5) is 18.9 Å². The highest BCUT2D eigenvalue weighted by atomic mass is 32.1. The minimum Gasteiger partial charge on any atom is -0.349 e. The number of alkyl halides is 3. The van der Waals surface area contributed by atoms with Crippen molar-refractivity contribution in [2.24, 2.45) is 0 Å². The zero-order chi connectivity index (χ0) is 26.4. The summed E-state index contributed by atoms with van der Waals surface area (Å²) in [5.74, 6) is -0.379. The van der Waals surface area contributed by atoms with Crippen molar-refractivity contribution in [3.8, 4) is 21.7 Å². The molecule has 10 heteroatoms. The molecule has 1 fully saturated rings. The van der Waals surface area contributed by atoms with Gasteiger partial charge < -0.3 is 10.2 Å². The highest BCUT2D eigenvalue weighted by molar-refractivity contribution is 7.17. The Morgan fingerprint density at radius 2 is 1.84 bits per heavy atom. The number of benzene rings is 1. The smallest absolute Gasteiger partial charge is 0.349 e. The van der Waals surface area contributed by atoms with Gasteiger partial charge in [0.1, 0.15) is 11.4 Å². The minimum absolute atomic E-state index is 0.0604. The van der Waals surface area contributed by atoms with Crippen molar-refractivity contribution < 1.29 is 22.8 Å². The first-order chi connectivity index (χ1) is 18.3. The van der Waals surface area contributed by atoms with Crippen LogP contribution in [0.15, 0.2) is 66.9 Å². The predicted octanol–water partition coefficient (Wildman–Crippen LogP) is 5.99. The summed E-state index contributed by atoms with van der Waals surface area (Å²) in [4.78, 5) is 37.6. The lowest BCUT2D eigenvalue weighted by atomic mass is 10.1. The van der Waals surface area contributed by atoms with Gasteiger partial charge >= 0.3 is 6.18 Å². The van der Waals surface area contributed by atoms with E-state index in [9.17, 15) is 22.8 Å². The monoisotopic (exact) mass is 534 g/mol. The third-order valence-electron chi connectivity index (χ3n) is 6.55. The van der Waals surface area contributed by atoms with Crippen molar-refractivity contribution in [2.45, 2.75) is 31.5 Å². The van der Waals surface area contributed by atoms with Crippen LogP contribution in [0.25, 0.3) is 21.7 Å². The Balaban J connectivity index is 1.30. The maximum atomic E-state index is 13.7. The summed E-state index contributed by atoms with van der Waals surface area (Å²) >= 11 is 1.43. The van der Waals surface area contributed by atoms with E-state index in [1.165, 1.54) is 17.4 Å². The number of thiophene rings is 1. The number of carbonyl (C=O) groups is 2. The maximum Gasteiger partial charge on any atom is 0.433 e. The standard InChI is InChI=1S/C28H21F3N4O2S/c29-28(30,31)24-11-8-17(15-32-24)20-5-3-6-21(34-20)27(37)35-13-12-16-14-23(26(36)33-18-9-10-18)38-25(16)19-4-1-2-7-22(19)35/h1-8,11,14-15,18H,9-10,12-13H2,(H,33,36). The third kappa shape index (κ3) is 4.67. The lowest BCUT2D eigenvalue weighted by Crippen LogP contribution is -2.33. The molecule has 1 saturated carbocycles. The molecule has 2 amide bonds. The van der Waals surface area contributed by atoms with Crippen molar-refractivity contribution in [2.75, 3.05) is 11.4 Å².